The molecule has 7 heteroatoms. The topological polar surface area (TPSA) is 71.5 Å². The minimum absolute atomic E-state index is 0.00953. The molecule has 138 valence electrons. The molecule has 1 fully saturated rings. The third kappa shape index (κ3) is 4.40. The van der Waals surface area contributed by atoms with E-state index in [9.17, 15) is 9.59 Å². The maximum atomic E-state index is 12.5. The van der Waals surface area contributed by atoms with Gasteiger partial charge in [0.15, 0.2) is 11.7 Å². The summed E-state index contributed by atoms with van der Waals surface area (Å²) < 4.78 is 5.63. The van der Waals surface area contributed by atoms with Crippen LogP contribution < -0.4 is 10.1 Å². The first-order valence-corrected chi connectivity index (χ1v) is 9.67. The monoisotopic (exact) mass is 373 g/mol. The SMILES string of the molecule is C[C@@H]1CCC[C@@H](C)N1C(=O)COc1ccc(C(=O)Nc2nccs2)cc1. The molecule has 0 unspecified atom stereocenters. The van der Waals surface area contributed by atoms with Gasteiger partial charge >= 0.3 is 0 Å². The molecule has 1 saturated heterocycles. The first-order chi connectivity index (χ1) is 12.5. The van der Waals surface area contributed by atoms with Crippen LogP contribution in [0.15, 0.2) is 35.8 Å². The number of likely N-dealkylation sites (tertiary alicyclic amines) is 1. The van der Waals surface area contributed by atoms with Gasteiger partial charge in [0.1, 0.15) is 5.75 Å². The zero-order valence-electron chi connectivity index (χ0n) is 15.0. The highest BCUT2D eigenvalue weighted by Gasteiger charge is 2.28. The van der Waals surface area contributed by atoms with Crippen molar-refractivity contribution in [3.05, 3.63) is 41.4 Å². The van der Waals surface area contributed by atoms with Crippen molar-refractivity contribution in [1.82, 2.24) is 9.88 Å². The predicted molar refractivity (Wildman–Crippen MR) is 102 cm³/mol. The number of carbonyl (C=O) groups is 2. The predicted octanol–water partition coefficient (Wildman–Crippen LogP) is 3.56. The third-order valence-electron chi connectivity index (χ3n) is 4.61. The zero-order chi connectivity index (χ0) is 18.5. The van der Waals surface area contributed by atoms with Gasteiger partial charge < -0.3 is 9.64 Å². The smallest absolute Gasteiger partial charge is 0.260 e. The van der Waals surface area contributed by atoms with Crippen LogP contribution in [-0.2, 0) is 4.79 Å². The normalized spacial score (nSPS) is 19.8. The van der Waals surface area contributed by atoms with Crippen LogP contribution in [0.1, 0.15) is 43.5 Å². The Kier molecular flexibility index (Phi) is 5.88. The molecule has 26 heavy (non-hydrogen) atoms. The largest absolute Gasteiger partial charge is 0.484 e. The maximum Gasteiger partial charge on any atom is 0.260 e. The van der Waals surface area contributed by atoms with Crippen LogP contribution in [0.25, 0.3) is 0 Å². The second-order valence-corrected chi connectivity index (χ2v) is 7.43. The Morgan fingerprint density at radius 2 is 1.92 bits per heavy atom. The molecule has 0 radical (unpaired) electrons. The lowest BCUT2D eigenvalue weighted by molar-refractivity contribution is -0.139. The number of nitrogens with one attached hydrogen (secondary N) is 1. The Morgan fingerprint density at radius 3 is 2.54 bits per heavy atom. The Morgan fingerprint density at radius 1 is 1.23 bits per heavy atom. The summed E-state index contributed by atoms with van der Waals surface area (Å²) in [6.07, 6.45) is 4.88. The molecule has 1 aliphatic heterocycles. The van der Waals surface area contributed by atoms with Gasteiger partial charge in [0.2, 0.25) is 0 Å². The quantitative estimate of drug-likeness (QED) is 0.870. The number of ether oxygens (including phenoxy) is 1. The Labute approximate surface area is 157 Å². The fourth-order valence-corrected chi connectivity index (χ4v) is 3.81. The van der Waals surface area contributed by atoms with E-state index in [1.807, 2.05) is 4.90 Å². The molecule has 6 nitrogen and oxygen atoms in total. The second kappa shape index (κ2) is 8.31. The minimum Gasteiger partial charge on any atom is -0.484 e. The number of hydrogen-bond donors (Lipinski definition) is 1. The fourth-order valence-electron chi connectivity index (χ4n) is 3.29. The molecular weight excluding hydrogens is 350 g/mol. The van der Waals surface area contributed by atoms with Crippen molar-refractivity contribution >= 4 is 28.3 Å². The van der Waals surface area contributed by atoms with Crippen molar-refractivity contribution in [1.29, 1.82) is 0 Å². The number of aromatic nitrogens is 1. The summed E-state index contributed by atoms with van der Waals surface area (Å²) in [5.41, 5.74) is 0.511. The van der Waals surface area contributed by atoms with Crippen LogP contribution in [-0.4, -0.2) is 40.4 Å². The van der Waals surface area contributed by atoms with E-state index in [-0.39, 0.29) is 30.5 Å². The van der Waals surface area contributed by atoms with Crippen molar-refractivity contribution < 1.29 is 14.3 Å². The number of amides is 2. The average molecular weight is 373 g/mol. The van der Waals surface area contributed by atoms with Crippen molar-refractivity contribution in [3.8, 4) is 5.75 Å². The molecule has 2 amide bonds. The summed E-state index contributed by atoms with van der Waals surface area (Å²) in [6, 6.07) is 7.27. The third-order valence-corrected chi connectivity index (χ3v) is 5.30. The van der Waals surface area contributed by atoms with Crippen molar-refractivity contribution in [2.45, 2.75) is 45.2 Å². The number of carbonyl (C=O) groups excluding carboxylic acids is 2. The maximum absolute atomic E-state index is 12.5. The number of hydrogen-bond acceptors (Lipinski definition) is 5. The van der Waals surface area contributed by atoms with Gasteiger partial charge in [-0.25, -0.2) is 4.98 Å². The summed E-state index contributed by atoms with van der Waals surface area (Å²) in [6.45, 7) is 4.19. The molecule has 1 aromatic heterocycles. The average Bonchev–Trinajstić information content (AvgIpc) is 3.13. The molecule has 1 aromatic carbocycles. The van der Waals surface area contributed by atoms with E-state index in [1.54, 1.807) is 35.8 Å². The molecule has 0 saturated carbocycles. The van der Waals surface area contributed by atoms with Gasteiger partial charge in [-0.3, -0.25) is 14.9 Å². The van der Waals surface area contributed by atoms with Gasteiger partial charge in [-0.15, -0.1) is 11.3 Å². The van der Waals surface area contributed by atoms with Crippen LogP contribution in [0, 0.1) is 0 Å². The highest BCUT2D eigenvalue weighted by atomic mass is 32.1. The summed E-state index contributed by atoms with van der Waals surface area (Å²) in [7, 11) is 0. The number of benzene rings is 1. The molecule has 2 atom stereocenters. The lowest BCUT2D eigenvalue weighted by Crippen LogP contribution is -2.49. The molecule has 0 aliphatic carbocycles. The Bertz CT molecular complexity index is 736. The number of thiazole rings is 1. The molecule has 1 aliphatic rings. The van der Waals surface area contributed by atoms with Crippen LogP contribution in [0.4, 0.5) is 5.13 Å². The summed E-state index contributed by atoms with van der Waals surface area (Å²) in [5, 5.41) is 5.09. The first-order valence-electron chi connectivity index (χ1n) is 8.79. The van der Waals surface area contributed by atoms with E-state index in [2.05, 4.69) is 24.1 Å². The fraction of sp³-hybridized carbons (Fsp3) is 0.421. The van der Waals surface area contributed by atoms with Crippen molar-refractivity contribution in [3.63, 3.8) is 0 Å². The van der Waals surface area contributed by atoms with Crippen molar-refractivity contribution in [2.24, 2.45) is 0 Å². The van der Waals surface area contributed by atoms with Crippen LogP contribution >= 0.6 is 11.3 Å². The van der Waals surface area contributed by atoms with Gasteiger partial charge in [-0.05, 0) is 57.4 Å². The first kappa shape index (κ1) is 18.4. The standard InChI is InChI=1S/C19H23N3O3S/c1-13-4-3-5-14(2)22(13)17(23)12-25-16-8-6-15(7-9-16)18(24)21-19-20-10-11-26-19/h6-11,13-14H,3-5,12H2,1-2H3,(H,20,21,24)/t13-,14-/m1/s1. The summed E-state index contributed by atoms with van der Waals surface area (Å²) >= 11 is 1.36. The van der Waals surface area contributed by atoms with Crippen LogP contribution in [0.3, 0.4) is 0 Å². The molecule has 3 rings (SSSR count). The van der Waals surface area contributed by atoms with Crippen LogP contribution in [0.2, 0.25) is 0 Å². The lowest BCUT2D eigenvalue weighted by Gasteiger charge is -2.38. The van der Waals surface area contributed by atoms with E-state index in [1.165, 1.54) is 11.3 Å². The Balaban J connectivity index is 1.54. The van der Waals surface area contributed by atoms with E-state index >= 15 is 0 Å². The summed E-state index contributed by atoms with van der Waals surface area (Å²) in [5.74, 6) is 0.357. The molecular formula is C19H23N3O3S. The minimum atomic E-state index is -0.224. The van der Waals surface area contributed by atoms with Crippen LogP contribution in [0.5, 0.6) is 5.75 Å². The molecule has 2 aromatic rings. The highest BCUT2D eigenvalue weighted by Crippen LogP contribution is 2.23. The van der Waals surface area contributed by atoms with E-state index in [4.69, 9.17) is 4.74 Å². The Hall–Kier alpha value is -2.41. The second-order valence-electron chi connectivity index (χ2n) is 6.53. The molecule has 2 heterocycles. The number of nitrogens with zero attached hydrogens (tertiary/aromatic N) is 2. The van der Waals surface area contributed by atoms with Crippen molar-refractivity contribution in [2.75, 3.05) is 11.9 Å². The van der Waals surface area contributed by atoms with Gasteiger partial charge in [-0.1, -0.05) is 0 Å². The molecule has 1 N–H and O–H groups in total. The number of anilines is 1. The van der Waals surface area contributed by atoms with E-state index < -0.39 is 0 Å². The summed E-state index contributed by atoms with van der Waals surface area (Å²) in [4.78, 5) is 30.6. The lowest BCUT2D eigenvalue weighted by atomic mass is 9.97. The van der Waals surface area contributed by atoms with Gasteiger partial charge in [-0.2, -0.15) is 0 Å². The zero-order valence-corrected chi connectivity index (χ0v) is 15.8. The van der Waals surface area contributed by atoms with Gasteiger partial charge in [0, 0.05) is 29.2 Å². The highest BCUT2D eigenvalue weighted by molar-refractivity contribution is 7.13. The number of rotatable bonds is 5. The van der Waals surface area contributed by atoms with E-state index in [0.29, 0.717) is 16.4 Å². The molecule has 0 bridgehead atoms. The van der Waals surface area contributed by atoms with E-state index in [0.717, 1.165) is 19.3 Å². The molecule has 0 spiro atoms. The van der Waals surface area contributed by atoms with Gasteiger partial charge in [0.25, 0.3) is 11.8 Å². The van der Waals surface area contributed by atoms with Gasteiger partial charge in [0.05, 0.1) is 0 Å². The number of piperidine rings is 1.